The molecular formula is C24H19N3O2. The fourth-order valence-corrected chi connectivity index (χ4v) is 3.39. The van der Waals surface area contributed by atoms with Gasteiger partial charge in [-0.1, -0.05) is 18.2 Å². The van der Waals surface area contributed by atoms with E-state index in [1.165, 1.54) is 0 Å². The molecule has 0 spiro atoms. The maximum absolute atomic E-state index is 12.7. The van der Waals surface area contributed by atoms with Crippen molar-refractivity contribution in [3.63, 3.8) is 0 Å². The summed E-state index contributed by atoms with van der Waals surface area (Å²) in [7, 11) is 1.64. The molecule has 1 N–H and O–H groups in total. The molecule has 0 unspecified atom stereocenters. The van der Waals surface area contributed by atoms with E-state index in [1.54, 1.807) is 37.4 Å². The van der Waals surface area contributed by atoms with Crippen LogP contribution in [0.3, 0.4) is 0 Å². The van der Waals surface area contributed by atoms with E-state index in [-0.39, 0.29) is 5.91 Å². The van der Waals surface area contributed by atoms with Gasteiger partial charge in [0.2, 0.25) is 0 Å². The largest absolute Gasteiger partial charge is 0.497 e. The number of methoxy groups -OCH3 is 1. The molecule has 1 aromatic heterocycles. The molecule has 0 aliphatic carbocycles. The fraction of sp³-hybridized carbons (Fsp3) is 0.0833. The highest BCUT2D eigenvalue weighted by molar-refractivity contribution is 6.05. The van der Waals surface area contributed by atoms with Crippen LogP contribution in [0.25, 0.3) is 16.6 Å². The third kappa shape index (κ3) is 3.44. The zero-order chi connectivity index (χ0) is 20.4. The Hall–Kier alpha value is -4.04. The number of hydrogen-bond acceptors (Lipinski definition) is 3. The maximum atomic E-state index is 12.7. The second-order valence-corrected chi connectivity index (χ2v) is 6.73. The molecule has 1 heterocycles. The van der Waals surface area contributed by atoms with Gasteiger partial charge < -0.3 is 14.6 Å². The lowest BCUT2D eigenvalue weighted by atomic mass is 10.1. The number of carbonyl (C=O) groups is 1. The van der Waals surface area contributed by atoms with E-state index in [1.807, 2.05) is 54.1 Å². The number of aryl methyl sites for hydroxylation is 1. The Morgan fingerprint density at radius 1 is 1.07 bits per heavy atom. The zero-order valence-electron chi connectivity index (χ0n) is 16.1. The third-order valence-corrected chi connectivity index (χ3v) is 4.88. The van der Waals surface area contributed by atoms with E-state index >= 15 is 0 Å². The van der Waals surface area contributed by atoms with E-state index < -0.39 is 0 Å². The average molecular weight is 381 g/mol. The van der Waals surface area contributed by atoms with Crippen molar-refractivity contribution in [1.82, 2.24) is 4.57 Å². The molecule has 1 amide bonds. The number of aromatic nitrogens is 1. The van der Waals surface area contributed by atoms with E-state index in [0.717, 1.165) is 27.9 Å². The van der Waals surface area contributed by atoms with Crippen LogP contribution in [0.15, 0.2) is 72.9 Å². The molecule has 3 aromatic carbocycles. The van der Waals surface area contributed by atoms with E-state index in [2.05, 4.69) is 11.4 Å². The SMILES string of the molecule is COc1ccc2c(c1)c(C)cn2-c1cc(C#N)ccc1NC(=O)c1ccccc1. The number of carbonyl (C=O) groups excluding carboxylic acids is 1. The molecule has 0 saturated carbocycles. The summed E-state index contributed by atoms with van der Waals surface area (Å²) in [5.74, 6) is 0.577. The van der Waals surface area contributed by atoms with Crippen molar-refractivity contribution >= 4 is 22.5 Å². The van der Waals surface area contributed by atoms with Gasteiger partial charge in [-0.3, -0.25) is 4.79 Å². The summed E-state index contributed by atoms with van der Waals surface area (Å²) >= 11 is 0. The van der Waals surface area contributed by atoms with Gasteiger partial charge in [-0.05, 0) is 61.0 Å². The topological polar surface area (TPSA) is 67.1 Å². The van der Waals surface area contributed by atoms with Crippen molar-refractivity contribution in [3.8, 4) is 17.5 Å². The molecule has 4 aromatic rings. The summed E-state index contributed by atoms with van der Waals surface area (Å²) in [5, 5.41) is 13.4. The number of nitriles is 1. The molecule has 5 heteroatoms. The van der Waals surface area contributed by atoms with Crippen LogP contribution in [0.2, 0.25) is 0 Å². The first-order chi connectivity index (χ1) is 14.1. The molecule has 0 saturated heterocycles. The number of amides is 1. The lowest BCUT2D eigenvalue weighted by molar-refractivity contribution is 0.102. The monoisotopic (exact) mass is 381 g/mol. The summed E-state index contributed by atoms with van der Waals surface area (Å²) in [4.78, 5) is 12.7. The molecule has 0 fully saturated rings. The van der Waals surface area contributed by atoms with Crippen molar-refractivity contribution in [2.24, 2.45) is 0 Å². The molecule has 0 aliphatic rings. The Balaban J connectivity index is 1.84. The van der Waals surface area contributed by atoms with Crippen LogP contribution in [0.4, 0.5) is 5.69 Å². The highest BCUT2D eigenvalue weighted by Gasteiger charge is 2.15. The van der Waals surface area contributed by atoms with Gasteiger partial charge in [0, 0.05) is 17.1 Å². The van der Waals surface area contributed by atoms with Crippen LogP contribution in [0.1, 0.15) is 21.5 Å². The van der Waals surface area contributed by atoms with Gasteiger partial charge in [0.25, 0.3) is 5.91 Å². The van der Waals surface area contributed by atoms with E-state index in [4.69, 9.17) is 4.74 Å². The van der Waals surface area contributed by atoms with Crippen LogP contribution in [-0.4, -0.2) is 17.6 Å². The van der Waals surface area contributed by atoms with Crippen molar-refractivity contribution in [2.75, 3.05) is 12.4 Å². The van der Waals surface area contributed by atoms with Crippen LogP contribution in [0.5, 0.6) is 5.75 Å². The van der Waals surface area contributed by atoms with Crippen LogP contribution < -0.4 is 10.1 Å². The second-order valence-electron chi connectivity index (χ2n) is 6.73. The molecule has 0 radical (unpaired) electrons. The molecule has 142 valence electrons. The average Bonchev–Trinajstić information content (AvgIpc) is 3.10. The molecule has 5 nitrogen and oxygen atoms in total. The number of nitrogens with zero attached hydrogens (tertiary/aromatic N) is 2. The first kappa shape index (κ1) is 18.3. The summed E-state index contributed by atoms with van der Waals surface area (Å²) in [6, 6.07) is 22.3. The Bertz CT molecular complexity index is 1250. The standard InChI is InChI=1S/C24H19N3O2/c1-16-15-27(22-11-9-19(29-2)13-20(16)22)23-12-17(14-25)8-10-21(23)26-24(28)18-6-4-3-5-7-18/h3-13,15H,1-2H3,(H,26,28). The predicted octanol–water partition coefficient (Wildman–Crippen LogP) is 5.07. The van der Waals surface area contributed by atoms with Gasteiger partial charge in [-0.25, -0.2) is 0 Å². The summed E-state index contributed by atoms with van der Waals surface area (Å²) < 4.78 is 7.34. The number of benzene rings is 3. The lowest BCUT2D eigenvalue weighted by Gasteiger charge is -2.14. The highest BCUT2D eigenvalue weighted by atomic mass is 16.5. The minimum atomic E-state index is -0.202. The number of hydrogen-bond donors (Lipinski definition) is 1. The minimum Gasteiger partial charge on any atom is -0.497 e. The summed E-state index contributed by atoms with van der Waals surface area (Å²) in [6.45, 7) is 2.02. The van der Waals surface area contributed by atoms with Gasteiger partial charge in [0.15, 0.2) is 0 Å². The lowest BCUT2D eigenvalue weighted by Crippen LogP contribution is -2.13. The summed E-state index contributed by atoms with van der Waals surface area (Å²) in [5.41, 5.74) is 4.49. The number of rotatable bonds is 4. The summed E-state index contributed by atoms with van der Waals surface area (Å²) in [6.07, 6.45) is 2.00. The Labute approximate surface area is 168 Å². The molecule has 29 heavy (non-hydrogen) atoms. The Morgan fingerprint density at radius 3 is 2.59 bits per heavy atom. The smallest absolute Gasteiger partial charge is 0.255 e. The second kappa shape index (κ2) is 7.53. The van der Waals surface area contributed by atoms with E-state index in [9.17, 15) is 10.1 Å². The van der Waals surface area contributed by atoms with Gasteiger partial charge in [0.05, 0.1) is 35.6 Å². The third-order valence-electron chi connectivity index (χ3n) is 4.88. The number of anilines is 1. The van der Waals surface area contributed by atoms with Crippen molar-refractivity contribution in [1.29, 1.82) is 5.26 Å². The molecule has 4 rings (SSSR count). The van der Waals surface area contributed by atoms with Crippen molar-refractivity contribution < 1.29 is 9.53 Å². The van der Waals surface area contributed by atoms with Crippen LogP contribution >= 0.6 is 0 Å². The number of nitrogens with one attached hydrogen (secondary N) is 1. The first-order valence-corrected chi connectivity index (χ1v) is 9.17. The van der Waals surface area contributed by atoms with Crippen molar-refractivity contribution in [2.45, 2.75) is 6.92 Å². The van der Waals surface area contributed by atoms with Crippen LogP contribution in [0, 0.1) is 18.3 Å². The fourth-order valence-electron chi connectivity index (χ4n) is 3.39. The molecular weight excluding hydrogens is 362 g/mol. The Morgan fingerprint density at radius 2 is 1.86 bits per heavy atom. The maximum Gasteiger partial charge on any atom is 0.255 e. The Kier molecular flexibility index (Phi) is 4.76. The molecule has 0 bridgehead atoms. The van der Waals surface area contributed by atoms with Gasteiger partial charge in [0.1, 0.15) is 5.75 Å². The highest BCUT2D eigenvalue weighted by Crippen LogP contribution is 2.31. The number of ether oxygens (including phenoxy) is 1. The van der Waals surface area contributed by atoms with E-state index in [0.29, 0.717) is 16.8 Å². The predicted molar refractivity (Wildman–Crippen MR) is 114 cm³/mol. The van der Waals surface area contributed by atoms with Crippen molar-refractivity contribution in [3.05, 3.63) is 89.6 Å². The zero-order valence-corrected chi connectivity index (χ0v) is 16.1. The van der Waals surface area contributed by atoms with Gasteiger partial charge >= 0.3 is 0 Å². The molecule has 0 aliphatic heterocycles. The quantitative estimate of drug-likeness (QED) is 0.536. The molecule has 0 atom stereocenters. The van der Waals surface area contributed by atoms with Gasteiger partial charge in [-0.2, -0.15) is 5.26 Å². The normalized spacial score (nSPS) is 10.5. The first-order valence-electron chi connectivity index (χ1n) is 9.17. The minimum absolute atomic E-state index is 0.202. The van der Waals surface area contributed by atoms with Crippen LogP contribution in [-0.2, 0) is 0 Å². The van der Waals surface area contributed by atoms with Gasteiger partial charge in [-0.15, -0.1) is 0 Å². The number of fused-ring (bicyclic) bond motifs is 1.